The zero-order valence-electron chi connectivity index (χ0n) is 16.0. The largest absolute Gasteiger partial charge is 0.444 e. The zero-order valence-corrected chi connectivity index (χ0v) is 16.0. The number of piperidine rings is 1. The number of carbonyl (C=O) groups excluding carboxylic acids is 2. The lowest BCUT2D eigenvalue weighted by atomic mass is 9.92. The molecule has 0 spiro atoms. The van der Waals surface area contributed by atoms with Crippen LogP contribution in [0.25, 0.3) is 0 Å². The number of amides is 2. The van der Waals surface area contributed by atoms with Gasteiger partial charge in [-0.1, -0.05) is 13.8 Å². The van der Waals surface area contributed by atoms with Crippen molar-refractivity contribution in [2.75, 3.05) is 32.7 Å². The quantitative estimate of drug-likeness (QED) is 0.698. The highest BCUT2D eigenvalue weighted by molar-refractivity contribution is 5.75. The van der Waals surface area contributed by atoms with E-state index >= 15 is 0 Å². The van der Waals surface area contributed by atoms with E-state index in [1.165, 1.54) is 6.42 Å². The van der Waals surface area contributed by atoms with Crippen molar-refractivity contribution >= 4 is 12.0 Å². The molecule has 0 aromatic carbocycles. The Morgan fingerprint density at radius 1 is 1.08 bits per heavy atom. The molecule has 0 aromatic rings. The van der Waals surface area contributed by atoms with Gasteiger partial charge < -0.3 is 20.3 Å². The van der Waals surface area contributed by atoms with Crippen LogP contribution in [-0.4, -0.2) is 55.2 Å². The second-order valence-electron chi connectivity index (χ2n) is 8.09. The predicted octanol–water partition coefficient (Wildman–Crippen LogP) is 2.39. The summed E-state index contributed by atoms with van der Waals surface area (Å²) >= 11 is 0. The number of carbonyl (C=O) groups is 2. The van der Waals surface area contributed by atoms with Crippen molar-refractivity contribution < 1.29 is 14.3 Å². The maximum absolute atomic E-state index is 11.8. The van der Waals surface area contributed by atoms with Crippen LogP contribution in [0.5, 0.6) is 0 Å². The second kappa shape index (κ2) is 9.87. The summed E-state index contributed by atoms with van der Waals surface area (Å²) in [4.78, 5) is 25.7. The van der Waals surface area contributed by atoms with Gasteiger partial charge in [0, 0.05) is 39.1 Å². The van der Waals surface area contributed by atoms with E-state index in [-0.39, 0.29) is 5.91 Å². The van der Waals surface area contributed by atoms with Crippen LogP contribution in [-0.2, 0) is 9.53 Å². The van der Waals surface area contributed by atoms with E-state index in [9.17, 15) is 9.59 Å². The monoisotopic (exact) mass is 341 g/mol. The van der Waals surface area contributed by atoms with Gasteiger partial charge in [-0.05, 0) is 45.4 Å². The number of hydrogen-bond donors (Lipinski definition) is 2. The molecule has 1 heterocycles. The van der Waals surface area contributed by atoms with Crippen LogP contribution < -0.4 is 10.6 Å². The summed E-state index contributed by atoms with van der Waals surface area (Å²) in [5.41, 5.74) is -0.495. The lowest BCUT2D eigenvalue weighted by molar-refractivity contribution is -0.121. The minimum Gasteiger partial charge on any atom is -0.444 e. The van der Waals surface area contributed by atoms with Gasteiger partial charge in [-0.2, -0.15) is 0 Å². The van der Waals surface area contributed by atoms with E-state index in [2.05, 4.69) is 29.4 Å². The van der Waals surface area contributed by atoms with Crippen LogP contribution in [0.2, 0.25) is 0 Å². The molecule has 1 fully saturated rings. The van der Waals surface area contributed by atoms with Gasteiger partial charge >= 0.3 is 6.09 Å². The van der Waals surface area contributed by atoms with Crippen molar-refractivity contribution in [3.63, 3.8) is 0 Å². The normalized spacial score (nSPS) is 22.0. The Labute approximate surface area is 146 Å². The van der Waals surface area contributed by atoms with Crippen molar-refractivity contribution in [1.82, 2.24) is 15.5 Å². The van der Waals surface area contributed by atoms with Gasteiger partial charge in [-0.3, -0.25) is 4.79 Å². The molecule has 0 radical (unpaired) electrons. The van der Waals surface area contributed by atoms with Crippen molar-refractivity contribution in [3.8, 4) is 0 Å². The van der Waals surface area contributed by atoms with E-state index < -0.39 is 11.7 Å². The van der Waals surface area contributed by atoms with Crippen LogP contribution in [0, 0.1) is 11.8 Å². The van der Waals surface area contributed by atoms with Gasteiger partial charge in [-0.25, -0.2) is 4.79 Å². The van der Waals surface area contributed by atoms with E-state index in [0.29, 0.717) is 25.9 Å². The molecule has 1 rings (SSSR count). The van der Waals surface area contributed by atoms with Crippen molar-refractivity contribution in [3.05, 3.63) is 0 Å². The molecule has 1 aliphatic heterocycles. The van der Waals surface area contributed by atoms with E-state index in [1.54, 1.807) is 0 Å². The molecule has 2 unspecified atom stereocenters. The van der Waals surface area contributed by atoms with E-state index in [0.717, 1.165) is 31.5 Å². The second-order valence-corrected chi connectivity index (χ2v) is 8.09. The molecule has 2 atom stereocenters. The van der Waals surface area contributed by atoms with Gasteiger partial charge in [0.15, 0.2) is 0 Å². The molecule has 1 saturated heterocycles. The van der Waals surface area contributed by atoms with Gasteiger partial charge in [0.25, 0.3) is 0 Å². The highest BCUT2D eigenvalue weighted by atomic mass is 16.6. The van der Waals surface area contributed by atoms with Crippen LogP contribution in [0.1, 0.15) is 53.9 Å². The maximum atomic E-state index is 11.8. The third kappa shape index (κ3) is 9.75. The molecule has 0 saturated carbocycles. The summed E-state index contributed by atoms with van der Waals surface area (Å²) in [6.45, 7) is 14.4. The fourth-order valence-corrected chi connectivity index (χ4v) is 3.17. The van der Waals surface area contributed by atoms with Crippen LogP contribution in [0.3, 0.4) is 0 Å². The Balaban J connectivity index is 2.05. The lowest BCUT2D eigenvalue weighted by Crippen LogP contribution is -2.42. The van der Waals surface area contributed by atoms with E-state index in [1.807, 2.05) is 20.8 Å². The predicted molar refractivity (Wildman–Crippen MR) is 95.9 cm³/mol. The van der Waals surface area contributed by atoms with Gasteiger partial charge in [0.05, 0.1) is 0 Å². The molecule has 6 nitrogen and oxygen atoms in total. The molecule has 24 heavy (non-hydrogen) atoms. The Kier molecular flexibility index (Phi) is 8.53. The third-order valence-corrected chi connectivity index (χ3v) is 3.94. The van der Waals surface area contributed by atoms with E-state index in [4.69, 9.17) is 4.74 Å². The standard InChI is InChI=1S/C18H35N3O3/c1-14-11-15(2)13-21(12-14)10-9-19-16(22)7-6-8-20-17(23)24-18(3,4)5/h14-15H,6-13H2,1-5H3,(H,19,22)(H,20,23). The number of alkyl carbamates (subject to hydrolysis) is 1. The van der Waals surface area contributed by atoms with Crippen molar-refractivity contribution in [1.29, 1.82) is 0 Å². The average Bonchev–Trinajstić information content (AvgIpc) is 2.40. The first-order chi connectivity index (χ1) is 11.2. The molecule has 140 valence electrons. The summed E-state index contributed by atoms with van der Waals surface area (Å²) in [5.74, 6) is 1.52. The number of hydrogen-bond acceptors (Lipinski definition) is 4. The average molecular weight is 341 g/mol. The lowest BCUT2D eigenvalue weighted by Gasteiger charge is -2.34. The Morgan fingerprint density at radius 3 is 2.29 bits per heavy atom. The first-order valence-electron chi connectivity index (χ1n) is 9.11. The van der Waals surface area contributed by atoms with Crippen LogP contribution >= 0.6 is 0 Å². The van der Waals surface area contributed by atoms with Gasteiger partial charge in [0.1, 0.15) is 5.60 Å². The summed E-state index contributed by atoms with van der Waals surface area (Å²) in [6, 6.07) is 0. The summed E-state index contributed by atoms with van der Waals surface area (Å²) < 4.78 is 5.14. The number of ether oxygens (including phenoxy) is 1. The first kappa shape index (κ1) is 20.7. The summed E-state index contributed by atoms with van der Waals surface area (Å²) in [5, 5.41) is 5.62. The molecule has 0 bridgehead atoms. The Morgan fingerprint density at radius 2 is 1.71 bits per heavy atom. The molecule has 1 aliphatic rings. The number of likely N-dealkylation sites (tertiary alicyclic amines) is 1. The van der Waals surface area contributed by atoms with Crippen molar-refractivity contribution in [2.24, 2.45) is 11.8 Å². The SMILES string of the molecule is CC1CC(C)CN(CCNC(=O)CCCNC(=O)OC(C)(C)C)C1. The molecule has 0 aliphatic carbocycles. The van der Waals surface area contributed by atoms with Crippen LogP contribution in [0.15, 0.2) is 0 Å². The van der Waals surface area contributed by atoms with Gasteiger partial charge in [-0.15, -0.1) is 0 Å². The number of rotatable bonds is 7. The molecule has 0 aromatic heterocycles. The summed E-state index contributed by atoms with van der Waals surface area (Å²) in [7, 11) is 0. The zero-order chi connectivity index (χ0) is 18.2. The molecule has 6 heteroatoms. The highest BCUT2D eigenvalue weighted by Gasteiger charge is 2.21. The van der Waals surface area contributed by atoms with Crippen LogP contribution in [0.4, 0.5) is 4.79 Å². The summed E-state index contributed by atoms with van der Waals surface area (Å²) in [6.07, 6.45) is 1.90. The molecular weight excluding hydrogens is 306 g/mol. The molecule has 2 N–H and O–H groups in total. The first-order valence-corrected chi connectivity index (χ1v) is 9.11. The van der Waals surface area contributed by atoms with Crippen molar-refractivity contribution in [2.45, 2.75) is 59.5 Å². The third-order valence-electron chi connectivity index (χ3n) is 3.94. The number of nitrogens with zero attached hydrogens (tertiary/aromatic N) is 1. The Bertz CT molecular complexity index is 397. The maximum Gasteiger partial charge on any atom is 0.407 e. The minimum atomic E-state index is -0.495. The minimum absolute atomic E-state index is 0.0408. The highest BCUT2D eigenvalue weighted by Crippen LogP contribution is 2.20. The molecular formula is C18H35N3O3. The topological polar surface area (TPSA) is 70.7 Å². The van der Waals surface area contributed by atoms with Gasteiger partial charge in [0.2, 0.25) is 5.91 Å². The Hall–Kier alpha value is -1.30. The fourth-order valence-electron chi connectivity index (χ4n) is 3.17. The fraction of sp³-hybridized carbons (Fsp3) is 0.889. The number of nitrogens with one attached hydrogen (secondary N) is 2. The smallest absolute Gasteiger partial charge is 0.407 e. The molecule has 2 amide bonds.